The van der Waals surface area contributed by atoms with Crippen LogP contribution in [0.2, 0.25) is 0 Å². The van der Waals surface area contributed by atoms with Gasteiger partial charge in [-0.3, -0.25) is 0 Å². The second-order valence-electron chi connectivity index (χ2n) is 3.97. The highest BCUT2D eigenvalue weighted by atomic mass is 16.3. The quantitative estimate of drug-likeness (QED) is 0.576. The molecule has 0 fully saturated rings. The lowest BCUT2D eigenvalue weighted by molar-refractivity contribution is 0.417. The molecule has 0 radical (unpaired) electrons. The van der Waals surface area contributed by atoms with Gasteiger partial charge in [-0.2, -0.15) is 5.26 Å². The number of hydrogen-bond donors (Lipinski definition) is 1. The van der Waals surface area contributed by atoms with Crippen LogP contribution in [-0.2, 0) is 13.0 Å². The zero-order valence-corrected chi connectivity index (χ0v) is 9.27. The van der Waals surface area contributed by atoms with Crippen LogP contribution in [-0.4, -0.2) is 19.9 Å². The monoisotopic (exact) mass is 218 g/mol. The maximum absolute atomic E-state index is 9.43. The largest absolute Gasteiger partial charge is 0.511 e. The van der Waals surface area contributed by atoms with Gasteiger partial charge in [0.2, 0.25) is 0 Å². The van der Waals surface area contributed by atoms with Gasteiger partial charge in [0.1, 0.15) is 23.2 Å². The molecule has 1 aromatic rings. The van der Waals surface area contributed by atoms with Gasteiger partial charge in [-0.25, -0.2) is 0 Å². The summed E-state index contributed by atoms with van der Waals surface area (Å²) in [5, 5.41) is 26.5. The van der Waals surface area contributed by atoms with Gasteiger partial charge in [0.15, 0.2) is 5.82 Å². The lowest BCUT2D eigenvalue weighted by Gasteiger charge is -2.05. The molecule has 2 heterocycles. The van der Waals surface area contributed by atoms with E-state index in [1.807, 2.05) is 10.6 Å². The third kappa shape index (κ3) is 1.78. The second-order valence-corrected chi connectivity index (χ2v) is 3.97. The van der Waals surface area contributed by atoms with Crippen LogP contribution < -0.4 is 0 Å². The van der Waals surface area contributed by atoms with Crippen molar-refractivity contribution in [2.75, 3.05) is 0 Å². The topological polar surface area (TPSA) is 74.7 Å². The van der Waals surface area contributed by atoms with Gasteiger partial charge >= 0.3 is 0 Å². The molecule has 0 saturated heterocycles. The predicted molar refractivity (Wildman–Crippen MR) is 58.4 cm³/mol. The van der Waals surface area contributed by atoms with Crippen molar-refractivity contribution >= 4 is 5.57 Å². The van der Waals surface area contributed by atoms with Crippen LogP contribution in [0.1, 0.15) is 37.8 Å². The van der Waals surface area contributed by atoms with Crippen molar-refractivity contribution < 1.29 is 5.11 Å². The van der Waals surface area contributed by atoms with Crippen molar-refractivity contribution in [3.8, 4) is 6.07 Å². The van der Waals surface area contributed by atoms with Crippen LogP contribution in [0.3, 0.4) is 0 Å². The van der Waals surface area contributed by atoms with Gasteiger partial charge in [0, 0.05) is 13.0 Å². The van der Waals surface area contributed by atoms with Gasteiger partial charge in [0.25, 0.3) is 0 Å². The number of aryl methyl sites for hydroxylation is 1. The van der Waals surface area contributed by atoms with Crippen LogP contribution in [0.15, 0.2) is 5.76 Å². The fourth-order valence-corrected chi connectivity index (χ4v) is 1.96. The number of rotatable bonds is 1. The van der Waals surface area contributed by atoms with Crippen LogP contribution in [0, 0.1) is 11.3 Å². The fraction of sp³-hybridized carbons (Fsp3) is 0.545. The van der Waals surface area contributed by atoms with Crippen LogP contribution in [0.5, 0.6) is 0 Å². The highest BCUT2D eigenvalue weighted by Crippen LogP contribution is 2.20. The Morgan fingerprint density at radius 2 is 2.19 bits per heavy atom. The maximum atomic E-state index is 9.43. The molecule has 2 rings (SSSR count). The number of hydrogen-bond acceptors (Lipinski definition) is 4. The highest BCUT2D eigenvalue weighted by Gasteiger charge is 2.18. The third-order valence-corrected chi connectivity index (χ3v) is 2.81. The predicted octanol–water partition coefficient (Wildman–Crippen LogP) is 1.82. The number of allylic oxidation sites excluding steroid dienone is 2. The Balaban J connectivity index is 2.48. The molecule has 1 aliphatic rings. The SMILES string of the molecule is C/C(O)=C(\C#N)c1nnc2n1CCCCC2. The van der Waals surface area contributed by atoms with Crippen LogP contribution in [0.4, 0.5) is 0 Å². The van der Waals surface area contributed by atoms with Crippen molar-refractivity contribution in [3.05, 3.63) is 17.4 Å². The summed E-state index contributed by atoms with van der Waals surface area (Å²) in [6.07, 6.45) is 4.26. The molecule has 1 aromatic heterocycles. The number of aliphatic hydroxyl groups is 1. The molecule has 0 atom stereocenters. The van der Waals surface area contributed by atoms with Crippen LogP contribution >= 0.6 is 0 Å². The minimum Gasteiger partial charge on any atom is -0.511 e. The first-order chi connectivity index (χ1) is 7.74. The lowest BCUT2D eigenvalue weighted by Crippen LogP contribution is -2.05. The van der Waals surface area contributed by atoms with Crippen molar-refractivity contribution in [2.24, 2.45) is 0 Å². The Labute approximate surface area is 94.0 Å². The molecular weight excluding hydrogens is 204 g/mol. The summed E-state index contributed by atoms with van der Waals surface area (Å²) in [7, 11) is 0. The highest BCUT2D eigenvalue weighted by molar-refractivity contribution is 5.73. The van der Waals surface area contributed by atoms with E-state index < -0.39 is 0 Å². The van der Waals surface area contributed by atoms with E-state index >= 15 is 0 Å². The molecule has 5 heteroatoms. The van der Waals surface area contributed by atoms with E-state index in [1.54, 1.807) is 0 Å². The minimum absolute atomic E-state index is 0.00180. The second kappa shape index (κ2) is 4.35. The zero-order chi connectivity index (χ0) is 11.5. The number of aromatic nitrogens is 3. The Morgan fingerprint density at radius 1 is 1.38 bits per heavy atom. The normalized spacial score (nSPS) is 17.0. The Hall–Kier alpha value is -1.83. The number of fused-ring (bicyclic) bond motifs is 1. The average Bonchev–Trinajstić information content (AvgIpc) is 2.50. The van der Waals surface area contributed by atoms with Gasteiger partial charge in [-0.1, -0.05) is 6.42 Å². The molecule has 16 heavy (non-hydrogen) atoms. The first-order valence-electron chi connectivity index (χ1n) is 5.46. The molecule has 0 amide bonds. The molecule has 0 bridgehead atoms. The van der Waals surface area contributed by atoms with Crippen molar-refractivity contribution in [3.63, 3.8) is 0 Å². The molecule has 0 spiro atoms. The van der Waals surface area contributed by atoms with E-state index in [0.29, 0.717) is 5.82 Å². The standard InChI is InChI=1S/C11H14N4O/c1-8(16)9(7-12)11-14-13-10-5-3-2-4-6-15(10)11/h16H,2-6H2,1H3/b9-8-. The lowest BCUT2D eigenvalue weighted by atomic mass is 10.2. The Bertz CT molecular complexity index is 463. The van der Waals surface area contributed by atoms with E-state index in [1.165, 1.54) is 13.3 Å². The minimum atomic E-state index is 0.00180. The molecular formula is C11H14N4O. The Kier molecular flexibility index (Phi) is 2.91. The first kappa shape index (κ1) is 10.7. The van der Waals surface area contributed by atoms with Crippen LogP contribution in [0.25, 0.3) is 5.57 Å². The maximum Gasteiger partial charge on any atom is 0.178 e. The number of nitrogens with zero attached hydrogens (tertiary/aromatic N) is 4. The summed E-state index contributed by atoms with van der Waals surface area (Å²) in [4.78, 5) is 0. The summed E-state index contributed by atoms with van der Waals surface area (Å²) in [6.45, 7) is 2.33. The van der Waals surface area contributed by atoms with Gasteiger partial charge in [-0.15, -0.1) is 10.2 Å². The molecule has 0 saturated carbocycles. The molecule has 1 N–H and O–H groups in total. The smallest absolute Gasteiger partial charge is 0.178 e. The summed E-state index contributed by atoms with van der Waals surface area (Å²) in [6, 6.07) is 1.98. The summed E-state index contributed by atoms with van der Waals surface area (Å²) < 4.78 is 1.95. The van der Waals surface area contributed by atoms with Gasteiger partial charge in [0.05, 0.1) is 0 Å². The molecule has 5 nitrogen and oxygen atoms in total. The first-order valence-corrected chi connectivity index (χ1v) is 5.46. The third-order valence-electron chi connectivity index (χ3n) is 2.81. The van der Waals surface area contributed by atoms with E-state index in [4.69, 9.17) is 5.26 Å². The van der Waals surface area contributed by atoms with Gasteiger partial charge < -0.3 is 9.67 Å². The van der Waals surface area contributed by atoms with E-state index in [2.05, 4.69) is 10.2 Å². The number of aliphatic hydroxyl groups excluding tert-OH is 1. The van der Waals surface area contributed by atoms with E-state index in [9.17, 15) is 5.11 Å². The molecule has 1 aliphatic heterocycles. The van der Waals surface area contributed by atoms with E-state index in [0.717, 1.165) is 31.6 Å². The fourth-order valence-electron chi connectivity index (χ4n) is 1.96. The average molecular weight is 218 g/mol. The van der Waals surface area contributed by atoms with Crippen molar-refractivity contribution in [2.45, 2.75) is 39.2 Å². The number of nitriles is 1. The summed E-state index contributed by atoms with van der Waals surface area (Å²) in [5.41, 5.74) is 0.223. The summed E-state index contributed by atoms with van der Waals surface area (Å²) >= 11 is 0. The summed E-state index contributed by atoms with van der Waals surface area (Å²) in [5.74, 6) is 1.42. The zero-order valence-electron chi connectivity index (χ0n) is 9.27. The molecule has 0 aliphatic carbocycles. The molecule has 0 aromatic carbocycles. The molecule has 0 unspecified atom stereocenters. The Morgan fingerprint density at radius 3 is 2.88 bits per heavy atom. The van der Waals surface area contributed by atoms with Gasteiger partial charge in [-0.05, 0) is 19.8 Å². The van der Waals surface area contributed by atoms with Crippen molar-refractivity contribution in [1.82, 2.24) is 14.8 Å². The molecule has 84 valence electrons. The van der Waals surface area contributed by atoms with Crippen molar-refractivity contribution in [1.29, 1.82) is 5.26 Å². The van der Waals surface area contributed by atoms with E-state index in [-0.39, 0.29) is 11.3 Å².